The fourth-order valence-corrected chi connectivity index (χ4v) is 0.311. The van der Waals surface area contributed by atoms with Crippen molar-refractivity contribution in [3.8, 4) is 0 Å². The average Bonchev–Trinajstić information content (AvgIpc) is 1.89. The van der Waals surface area contributed by atoms with E-state index in [0.29, 0.717) is 13.1 Å². The summed E-state index contributed by atoms with van der Waals surface area (Å²) in [5, 5.41) is 0. The molecule has 0 fully saturated rings. The minimum Gasteiger partial charge on any atom is -0.462 e. The maximum absolute atomic E-state index is 9.55. The van der Waals surface area contributed by atoms with Gasteiger partial charge in [0.2, 0.25) is 0 Å². The minimum atomic E-state index is 0.475. The monoisotopic (exact) mass is 160 g/mol. The number of nitrogens with one attached hydrogen (secondary N) is 1. The summed E-state index contributed by atoms with van der Waals surface area (Å²) in [7, 11) is 4.02. The third-order valence-corrected chi connectivity index (χ3v) is 0.788. The predicted molar refractivity (Wildman–Crippen MR) is 45.6 cm³/mol. The van der Waals surface area contributed by atoms with Crippen molar-refractivity contribution in [3.63, 3.8) is 0 Å². The zero-order valence-electron chi connectivity index (χ0n) is 7.59. The Morgan fingerprint density at radius 3 is 2.27 bits per heavy atom. The molecule has 3 nitrogen and oxygen atoms in total. The second kappa shape index (κ2) is 11.9. The van der Waals surface area contributed by atoms with Crippen molar-refractivity contribution in [2.24, 2.45) is 0 Å². The third-order valence-electron chi connectivity index (χ3n) is 0.788. The average molecular weight is 160 g/mol. The van der Waals surface area contributed by atoms with E-state index in [-0.39, 0.29) is 0 Å². The molecule has 0 aliphatic heterocycles. The van der Waals surface area contributed by atoms with Gasteiger partial charge in [-0.3, -0.25) is 4.79 Å². The molecule has 0 amide bonds. The lowest BCUT2D eigenvalue weighted by Crippen LogP contribution is -3.06. The van der Waals surface area contributed by atoms with Crippen LogP contribution in [0.15, 0.2) is 12.7 Å². The number of hydrogen-bond acceptors (Lipinski definition) is 2. The smallest absolute Gasteiger partial charge is 0.293 e. The van der Waals surface area contributed by atoms with E-state index in [0.717, 1.165) is 6.54 Å². The number of carbonyl (C=O) groups excluding carboxylic acids is 1. The first-order valence-electron chi connectivity index (χ1n) is 3.60. The van der Waals surface area contributed by atoms with Gasteiger partial charge in [0.05, 0.1) is 14.1 Å². The van der Waals surface area contributed by atoms with Crippen LogP contribution in [-0.4, -0.2) is 33.7 Å². The number of ether oxygens (including phenoxy) is 1. The Labute approximate surface area is 68.6 Å². The van der Waals surface area contributed by atoms with Crippen LogP contribution in [-0.2, 0) is 9.53 Å². The van der Waals surface area contributed by atoms with Gasteiger partial charge >= 0.3 is 0 Å². The van der Waals surface area contributed by atoms with E-state index in [2.05, 4.69) is 11.3 Å². The van der Waals surface area contributed by atoms with Crippen molar-refractivity contribution in [2.45, 2.75) is 6.92 Å². The van der Waals surface area contributed by atoms with Crippen molar-refractivity contribution < 1.29 is 14.4 Å². The maximum atomic E-state index is 9.55. The number of rotatable bonds is 4. The van der Waals surface area contributed by atoms with Gasteiger partial charge in [-0.15, -0.1) is 6.58 Å². The molecule has 66 valence electrons. The fraction of sp³-hybridized carbons (Fsp3) is 0.625. The molecule has 0 bridgehead atoms. The Morgan fingerprint density at radius 1 is 1.55 bits per heavy atom. The summed E-state index contributed by atoms with van der Waals surface area (Å²) in [6, 6.07) is 0. The second-order valence-corrected chi connectivity index (χ2v) is 2.33. The molecule has 3 heteroatoms. The van der Waals surface area contributed by atoms with Crippen LogP contribution in [0.3, 0.4) is 0 Å². The molecular formula is C8H18NO2+. The SMILES string of the molecule is C=CC.C[NH+](C)CCOC=O. The molecule has 0 aromatic rings. The topological polar surface area (TPSA) is 30.7 Å². The summed E-state index contributed by atoms with van der Waals surface area (Å²) in [6.45, 7) is 7.12. The van der Waals surface area contributed by atoms with Crippen molar-refractivity contribution >= 4 is 6.47 Å². The van der Waals surface area contributed by atoms with Gasteiger partial charge in [0, 0.05) is 0 Å². The van der Waals surface area contributed by atoms with Crippen LogP contribution in [0, 0.1) is 0 Å². The van der Waals surface area contributed by atoms with Crippen molar-refractivity contribution in [1.29, 1.82) is 0 Å². The highest BCUT2D eigenvalue weighted by Gasteiger charge is 1.89. The van der Waals surface area contributed by atoms with Crippen molar-refractivity contribution in [3.05, 3.63) is 12.7 Å². The summed E-state index contributed by atoms with van der Waals surface area (Å²) < 4.78 is 4.44. The van der Waals surface area contributed by atoms with E-state index < -0.39 is 0 Å². The molecule has 0 atom stereocenters. The quantitative estimate of drug-likeness (QED) is 0.341. The van der Waals surface area contributed by atoms with Gasteiger partial charge in [0.1, 0.15) is 13.2 Å². The first-order chi connectivity index (χ1) is 5.18. The van der Waals surface area contributed by atoms with E-state index >= 15 is 0 Å². The molecule has 0 spiro atoms. The molecule has 0 aliphatic rings. The maximum Gasteiger partial charge on any atom is 0.293 e. The van der Waals surface area contributed by atoms with Crippen LogP contribution in [0.1, 0.15) is 6.92 Å². The van der Waals surface area contributed by atoms with E-state index in [1.165, 1.54) is 4.90 Å². The summed E-state index contributed by atoms with van der Waals surface area (Å²) in [5.41, 5.74) is 0. The summed E-state index contributed by atoms with van der Waals surface area (Å²) in [4.78, 5) is 10.8. The van der Waals surface area contributed by atoms with E-state index in [9.17, 15) is 4.79 Å². The Kier molecular flexibility index (Phi) is 13.9. The Hall–Kier alpha value is -0.830. The first-order valence-corrected chi connectivity index (χ1v) is 3.60. The number of carbonyl (C=O) groups is 1. The zero-order chi connectivity index (χ0) is 9.11. The first kappa shape index (κ1) is 12.8. The third kappa shape index (κ3) is 27.1. The van der Waals surface area contributed by atoms with E-state index in [4.69, 9.17) is 0 Å². The van der Waals surface area contributed by atoms with Crippen LogP contribution in [0.5, 0.6) is 0 Å². The van der Waals surface area contributed by atoms with Crippen molar-refractivity contribution in [1.82, 2.24) is 0 Å². The van der Waals surface area contributed by atoms with Gasteiger partial charge in [-0.25, -0.2) is 0 Å². The normalized spacial score (nSPS) is 8.00. The largest absolute Gasteiger partial charge is 0.462 e. The standard InChI is InChI=1S/C5H11NO2.C3H6/c1-6(2)3-4-8-5-7;1-3-2/h5H,3-4H2,1-2H3;3H,1H2,2H3/p+1. The minimum absolute atomic E-state index is 0.475. The van der Waals surface area contributed by atoms with Gasteiger partial charge in [0.25, 0.3) is 6.47 Å². The van der Waals surface area contributed by atoms with E-state index in [1.54, 1.807) is 6.08 Å². The number of hydrogen-bond donors (Lipinski definition) is 1. The molecule has 0 unspecified atom stereocenters. The predicted octanol–water partition coefficient (Wildman–Crippen LogP) is -0.504. The lowest BCUT2D eigenvalue weighted by molar-refractivity contribution is -0.858. The molecule has 0 aliphatic carbocycles. The van der Waals surface area contributed by atoms with Gasteiger partial charge in [-0.2, -0.15) is 0 Å². The molecule has 0 saturated carbocycles. The molecule has 0 aromatic carbocycles. The summed E-state index contributed by atoms with van der Waals surface area (Å²) >= 11 is 0. The fourth-order valence-electron chi connectivity index (χ4n) is 0.311. The molecule has 0 rings (SSSR count). The molecular weight excluding hydrogens is 142 g/mol. The molecule has 1 N–H and O–H groups in total. The van der Waals surface area contributed by atoms with E-state index in [1.807, 2.05) is 21.0 Å². The number of allylic oxidation sites excluding steroid dienone is 1. The lowest BCUT2D eigenvalue weighted by Gasteiger charge is -2.03. The summed E-state index contributed by atoms with van der Waals surface area (Å²) in [6.07, 6.45) is 1.75. The summed E-state index contributed by atoms with van der Waals surface area (Å²) in [5.74, 6) is 0. The van der Waals surface area contributed by atoms with Crippen molar-refractivity contribution in [2.75, 3.05) is 27.2 Å². The van der Waals surface area contributed by atoms with Crippen LogP contribution in [0.25, 0.3) is 0 Å². The van der Waals surface area contributed by atoms with Gasteiger partial charge in [-0.1, -0.05) is 6.08 Å². The molecule has 0 aromatic heterocycles. The molecule has 11 heavy (non-hydrogen) atoms. The molecule has 0 heterocycles. The van der Waals surface area contributed by atoms with Crippen LogP contribution in [0.2, 0.25) is 0 Å². The second-order valence-electron chi connectivity index (χ2n) is 2.33. The highest BCUT2D eigenvalue weighted by atomic mass is 16.5. The lowest BCUT2D eigenvalue weighted by atomic mass is 10.6. The van der Waals surface area contributed by atoms with Crippen LogP contribution >= 0.6 is 0 Å². The Bertz CT molecular complexity index is 92.1. The number of likely N-dealkylation sites (N-methyl/N-ethyl adjacent to an activating group) is 1. The number of quaternary nitrogens is 1. The Morgan fingerprint density at radius 2 is 2.00 bits per heavy atom. The highest BCUT2D eigenvalue weighted by molar-refractivity contribution is 5.36. The molecule has 0 saturated heterocycles. The van der Waals surface area contributed by atoms with Crippen LogP contribution in [0.4, 0.5) is 0 Å². The van der Waals surface area contributed by atoms with Crippen LogP contribution < -0.4 is 4.90 Å². The zero-order valence-corrected chi connectivity index (χ0v) is 7.59. The molecule has 0 radical (unpaired) electrons. The van der Waals surface area contributed by atoms with Gasteiger partial charge < -0.3 is 9.64 Å². The van der Waals surface area contributed by atoms with Gasteiger partial charge in [0.15, 0.2) is 0 Å². The Balaban J connectivity index is 0. The van der Waals surface area contributed by atoms with Gasteiger partial charge in [-0.05, 0) is 6.92 Å². The highest BCUT2D eigenvalue weighted by Crippen LogP contribution is 1.56.